The van der Waals surface area contributed by atoms with Gasteiger partial charge in [-0.1, -0.05) is 46.3 Å². The molecule has 2 heteroatoms. The van der Waals surface area contributed by atoms with Gasteiger partial charge in [0.1, 0.15) is 0 Å². The van der Waals surface area contributed by atoms with E-state index in [4.69, 9.17) is 4.74 Å². The van der Waals surface area contributed by atoms with Gasteiger partial charge in [0.05, 0.1) is 6.61 Å². The molecule has 0 heterocycles. The van der Waals surface area contributed by atoms with Crippen molar-refractivity contribution in [3.63, 3.8) is 0 Å². The van der Waals surface area contributed by atoms with Gasteiger partial charge in [0, 0.05) is 18.4 Å². The van der Waals surface area contributed by atoms with Crippen molar-refractivity contribution in [1.82, 2.24) is 0 Å². The second-order valence-electron chi connectivity index (χ2n) is 2.72. The Balaban J connectivity index is 2.66. The number of ether oxygens (including phenoxy) is 1. The lowest BCUT2D eigenvalue weighted by Crippen LogP contribution is -2.07. The van der Waals surface area contributed by atoms with Crippen LogP contribution in [-0.2, 0) is 4.74 Å². The van der Waals surface area contributed by atoms with Crippen LogP contribution in [-0.4, -0.2) is 19.0 Å². The number of methoxy groups -OCH3 is 1. The van der Waals surface area contributed by atoms with Crippen LogP contribution in [0.1, 0.15) is 11.5 Å². The van der Waals surface area contributed by atoms with E-state index in [0.717, 1.165) is 11.9 Å². The van der Waals surface area contributed by atoms with Crippen molar-refractivity contribution in [3.8, 4) is 0 Å². The van der Waals surface area contributed by atoms with Crippen LogP contribution in [0, 0.1) is 0 Å². The molecule has 0 aliphatic carbocycles. The summed E-state index contributed by atoms with van der Waals surface area (Å²) < 4.78 is 5.12. The summed E-state index contributed by atoms with van der Waals surface area (Å²) in [5.74, 6) is 0.469. The second-order valence-corrected chi connectivity index (χ2v) is 3.36. The average molecular weight is 229 g/mol. The number of rotatable bonds is 4. The Hall–Kier alpha value is -0.340. The van der Waals surface area contributed by atoms with E-state index >= 15 is 0 Å². The molecule has 0 amide bonds. The van der Waals surface area contributed by atoms with Gasteiger partial charge in [0.15, 0.2) is 0 Å². The first kappa shape index (κ1) is 9.75. The standard InChI is InChI=1S/C10H13BrO/c1-12-8-10(7-11)9-5-3-2-4-6-9/h2-6,10H,7-8H2,1H3/t10-/m1/s1. The third-order valence-electron chi connectivity index (χ3n) is 1.83. The largest absolute Gasteiger partial charge is 0.384 e. The Morgan fingerprint density at radius 1 is 1.33 bits per heavy atom. The van der Waals surface area contributed by atoms with Crippen molar-refractivity contribution < 1.29 is 4.74 Å². The van der Waals surface area contributed by atoms with Crippen molar-refractivity contribution in [1.29, 1.82) is 0 Å². The molecule has 0 saturated heterocycles. The number of alkyl halides is 1. The molecule has 0 bridgehead atoms. The lowest BCUT2D eigenvalue weighted by Gasteiger charge is -2.12. The Bertz CT molecular complexity index is 210. The molecule has 0 radical (unpaired) electrons. The average Bonchev–Trinajstić information content (AvgIpc) is 2.15. The molecule has 0 aromatic heterocycles. The molecule has 0 aliphatic heterocycles. The Morgan fingerprint density at radius 3 is 2.50 bits per heavy atom. The molecule has 66 valence electrons. The van der Waals surface area contributed by atoms with Crippen molar-refractivity contribution in [3.05, 3.63) is 35.9 Å². The van der Waals surface area contributed by atoms with E-state index in [1.165, 1.54) is 5.56 Å². The van der Waals surface area contributed by atoms with Gasteiger partial charge in [-0.3, -0.25) is 0 Å². The predicted octanol–water partition coefficient (Wildman–Crippen LogP) is 2.81. The van der Waals surface area contributed by atoms with E-state index in [1.54, 1.807) is 7.11 Å². The molecule has 0 unspecified atom stereocenters. The van der Waals surface area contributed by atoms with Crippen LogP contribution in [0.4, 0.5) is 0 Å². The molecular formula is C10H13BrO. The van der Waals surface area contributed by atoms with Crippen LogP contribution >= 0.6 is 15.9 Å². The fourth-order valence-electron chi connectivity index (χ4n) is 1.16. The van der Waals surface area contributed by atoms with Crippen LogP contribution < -0.4 is 0 Å². The molecule has 1 atom stereocenters. The molecule has 0 fully saturated rings. The summed E-state index contributed by atoms with van der Waals surface area (Å²) in [6.45, 7) is 0.773. The third kappa shape index (κ3) is 2.61. The maximum absolute atomic E-state index is 5.12. The zero-order valence-corrected chi connectivity index (χ0v) is 8.75. The molecular weight excluding hydrogens is 216 g/mol. The van der Waals surface area contributed by atoms with E-state index in [0.29, 0.717) is 5.92 Å². The van der Waals surface area contributed by atoms with Gasteiger partial charge in [-0.05, 0) is 5.56 Å². The minimum atomic E-state index is 0.469. The van der Waals surface area contributed by atoms with Crippen LogP contribution in [0.3, 0.4) is 0 Å². The first-order chi connectivity index (χ1) is 5.88. The zero-order valence-electron chi connectivity index (χ0n) is 7.16. The third-order valence-corrected chi connectivity index (χ3v) is 2.61. The van der Waals surface area contributed by atoms with Crippen molar-refractivity contribution in [2.75, 3.05) is 19.0 Å². The molecule has 12 heavy (non-hydrogen) atoms. The summed E-state index contributed by atoms with van der Waals surface area (Å²) in [6, 6.07) is 10.4. The zero-order chi connectivity index (χ0) is 8.81. The smallest absolute Gasteiger partial charge is 0.0539 e. The summed E-state index contributed by atoms with van der Waals surface area (Å²) in [5.41, 5.74) is 1.33. The minimum Gasteiger partial charge on any atom is -0.384 e. The molecule has 0 N–H and O–H groups in total. The van der Waals surface area contributed by atoms with Gasteiger partial charge < -0.3 is 4.74 Å². The number of benzene rings is 1. The summed E-state index contributed by atoms with van der Waals surface area (Å²) in [4.78, 5) is 0. The first-order valence-electron chi connectivity index (χ1n) is 3.98. The van der Waals surface area contributed by atoms with Gasteiger partial charge in [-0.2, -0.15) is 0 Å². The van der Waals surface area contributed by atoms with E-state index < -0.39 is 0 Å². The van der Waals surface area contributed by atoms with Crippen molar-refractivity contribution in [2.24, 2.45) is 0 Å². The lowest BCUT2D eigenvalue weighted by molar-refractivity contribution is 0.186. The lowest BCUT2D eigenvalue weighted by atomic mass is 10.0. The molecule has 0 saturated carbocycles. The molecule has 1 nitrogen and oxygen atoms in total. The van der Waals surface area contributed by atoms with E-state index in [1.807, 2.05) is 6.07 Å². The Labute approximate surface area is 81.9 Å². The maximum atomic E-state index is 5.12. The fourth-order valence-corrected chi connectivity index (χ4v) is 1.72. The highest BCUT2D eigenvalue weighted by Gasteiger charge is 2.07. The van der Waals surface area contributed by atoms with Gasteiger partial charge >= 0.3 is 0 Å². The normalized spacial score (nSPS) is 12.8. The summed E-state index contributed by atoms with van der Waals surface area (Å²) in [5, 5.41) is 0.949. The minimum absolute atomic E-state index is 0.469. The van der Waals surface area contributed by atoms with Crippen LogP contribution in [0.5, 0.6) is 0 Å². The summed E-state index contributed by atoms with van der Waals surface area (Å²) in [7, 11) is 1.73. The van der Waals surface area contributed by atoms with Gasteiger partial charge in [0.25, 0.3) is 0 Å². The second kappa shape index (κ2) is 5.33. The monoisotopic (exact) mass is 228 g/mol. The molecule has 1 aromatic carbocycles. The SMILES string of the molecule is COC[C@@H](CBr)c1ccccc1. The molecule has 1 aromatic rings. The Morgan fingerprint density at radius 2 is 2.00 bits per heavy atom. The van der Waals surface area contributed by atoms with Gasteiger partial charge in [0.2, 0.25) is 0 Å². The quantitative estimate of drug-likeness (QED) is 0.721. The van der Waals surface area contributed by atoms with E-state index in [2.05, 4.69) is 40.2 Å². The summed E-state index contributed by atoms with van der Waals surface area (Å²) >= 11 is 3.47. The first-order valence-corrected chi connectivity index (χ1v) is 5.10. The van der Waals surface area contributed by atoms with Crippen LogP contribution in [0.2, 0.25) is 0 Å². The number of hydrogen-bond acceptors (Lipinski definition) is 1. The van der Waals surface area contributed by atoms with E-state index in [9.17, 15) is 0 Å². The van der Waals surface area contributed by atoms with Gasteiger partial charge in [-0.15, -0.1) is 0 Å². The highest BCUT2D eigenvalue weighted by atomic mass is 79.9. The topological polar surface area (TPSA) is 9.23 Å². The highest BCUT2D eigenvalue weighted by Crippen LogP contribution is 2.17. The fraction of sp³-hybridized carbons (Fsp3) is 0.400. The van der Waals surface area contributed by atoms with Gasteiger partial charge in [-0.25, -0.2) is 0 Å². The predicted molar refractivity (Wildman–Crippen MR) is 54.9 cm³/mol. The van der Waals surface area contributed by atoms with Crippen molar-refractivity contribution >= 4 is 15.9 Å². The molecule has 0 spiro atoms. The van der Waals surface area contributed by atoms with Crippen molar-refractivity contribution in [2.45, 2.75) is 5.92 Å². The number of hydrogen-bond donors (Lipinski definition) is 0. The summed E-state index contributed by atoms with van der Waals surface area (Å²) in [6.07, 6.45) is 0. The molecule has 0 aliphatic rings. The molecule has 1 rings (SSSR count). The number of halogens is 1. The highest BCUT2D eigenvalue weighted by molar-refractivity contribution is 9.09. The Kier molecular flexibility index (Phi) is 4.33. The van der Waals surface area contributed by atoms with Crippen LogP contribution in [0.25, 0.3) is 0 Å². The van der Waals surface area contributed by atoms with Crippen LogP contribution in [0.15, 0.2) is 30.3 Å². The maximum Gasteiger partial charge on any atom is 0.0539 e. The van der Waals surface area contributed by atoms with E-state index in [-0.39, 0.29) is 0 Å².